The fourth-order valence-corrected chi connectivity index (χ4v) is 0.784. The Morgan fingerprint density at radius 2 is 2.17 bits per heavy atom. The van der Waals surface area contributed by atoms with E-state index >= 15 is 0 Å². The van der Waals surface area contributed by atoms with Gasteiger partial charge in [0.05, 0.1) is 20.4 Å². The van der Waals surface area contributed by atoms with E-state index in [9.17, 15) is 4.79 Å². The van der Waals surface area contributed by atoms with Gasteiger partial charge in [0.2, 0.25) is 5.88 Å². The van der Waals surface area contributed by atoms with Crippen molar-refractivity contribution in [3.63, 3.8) is 0 Å². The zero-order valence-electron chi connectivity index (χ0n) is 6.77. The number of carbonyl (C=O) groups excluding carboxylic acids is 1. The average molecular weight is 168 g/mol. The Kier molecular flexibility index (Phi) is 2.57. The highest BCUT2D eigenvalue weighted by molar-refractivity contribution is 5.82. The molecule has 0 unspecified atom stereocenters. The zero-order chi connectivity index (χ0) is 8.97. The van der Waals surface area contributed by atoms with Gasteiger partial charge in [0, 0.05) is 0 Å². The summed E-state index contributed by atoms with van der Waals surface area (Å²) in [5.41, 5.74) is 0.273. The van der Waals surface area contributed by atoms with E-state index in [4.69, 9.17) is 9.47 Å². The molecule has 0 aliphatic carbocycles. The fourth-order valence-electron chi connectivity index (χ4n) is 0.784. The number of hydrogen-bond acceptors (Lipinski definition) is 5. The molecule has 0 saturated carbocycles. The molecular formula is C7H8N2O3. The van der Waals surface area contributed by atoms with Crippen LogP contribution in [0.5, 0.6) is 11.6 Å². The molecule has 0 atom stereocenters. The quantitative estimate of drug-likeness (QED) is 0.607. The van der Waals surface area contributed by atoms with Crippen LogP contribution in [0.4, 0.5) is 0 Å². The van der Waals surface area contributed by atoms with E-state index in [1.165, 1.54) is 20.4 Å². The van der Waals surface area contributed by atoms with E-state index in [-0.39, 0.29) is 11.4 Å². The first kappa shape index (κ1) is 8.45. The van der Waals surface area contributed by atoms with Crippen molar-refractivity contribution in [1.82, 2.24) is 10.2 Å². The van der Waals surface area contributed by atoms with Crippen LogP contribution in [0, 0.1) is 0 Å². The molecule has 64 valence electrons. The fraction of sp³-hybridized carbons (Fsp3) is 0.286. The van der Waals surface area contributed by atoms with Gasteiger partial charge in [-0.15, -0.1) is 5.10 Å². The molecule has 0 bridgehead atoms. The molecule has 5 heteroatoms. The van der Waals surface area contributed by atoms with Crippen molar-refractivity contribution in [3.05, 3.63) is 11.8 Å². The van der Waals surface area contributed by atoms with Crippen LogP contribution in [0.2, 0.25) is 0 Å². The Hall–Kier alpha value is -1.65. The van der Waals surface area contributed by atoms with E-state index in [1.807, 2.05) is 0 Å². The molecule has 0 amide bonds. The average Bonchev–Trinajstić information content (AvgIpc) is 2.16. The van der Waals surface area contributed by atoms with Crippen molar-refractivity contribution in [1.29, 1.82) is 0 Å². The standard InChI is InChI=1S/C7H8N2O3/c1-11-6-3-8-9-7(12-2)5(6)4-10/h3-4H,1-2H3. The lowest BCUT2D eigenvalue weighted by molar-refractivity contribution is 0.111. The summed E-state index contributed by atoms with van der Waals surface area (Å²) in [6.07, 6.45) is 1.97. The summed E-state index contributed by atoms with van der Waals surface area (Å²) in [6.45, 7) is 0. The third kappa shape index (κ3) is 1.34. The molecular weight excluding hydrogens is 160 g/mol. The first-order valence-electron chi connectivity index (χ1n) is 3.22. The van der Waals surface area contributed by atoms with Gasteiger partial charge in [-0.1, -0.05) is 0 Å². The maximum absolute atomic E-state index is 10.5. The van der Waals surface area contributed by atoms with E-state index in [1.54, 1.807) is 0 Å². The highest BCUT2D eigenvalue weighted by Gasteiger charge is 2.10. The minimum Gasteiger partial charge on any atom is -0.494 e. The lowest BCUT2D eigenvalue weighted by Gasteiger charge is -2.04. The predicted molar refractivity (Wildman–Crippen MR) is 40.5 cm³/mol. The summed E-state index contributed by atoms with van der Waals surface area (Å²) in [6, 6.07) is 0. The van der Waals surface area contributed by atoms with Crippen LogP contribution in [0.25, 0.3) is 0 Å². The summed E-state index contributed by atoms with van der Waals surface area (Å²) in [5, 5.41) is 7.17. The largest absolute Gasteiger partial charge is 0.494 e. The van der Waals surface area contributed by atoms with Gasteiger partial charge in [-0.25, -0.2) is 0 Å². The number of ether oxygens (including phenoxy) is 2. The number of aromatic nitrogens is 2. The zero-order valence-corrected chi connectivity index (χ0v) is 6.77. The van der Waals surface area contributed by atoms with Gasteiger partial charge in [-0.2, -0.15) is 5.10 Å². The topological polar surface area (TPSA) is 61.3 Å². The number of carbonyl (C=O) groups is 1. The van der Waals surface area contributed by atoms with Crippen molar-refractivity contribution in [2.75, 3.05) is 14.2 Å². The van der Waals surface area contributed by atoms with Crippen LogP contribution in [0.15, 0.2) is 6.20 Å². The SMILES string of the molecule is COc1cnnc(OC)c1C=O. The van der Waals surface area contributed by atoms with Crippen molar-refractivity contribution in [2.45, 2.75) is 0 Å². The van der Waals surface area contributed by atoms with Crippen molar-refractivity contribution < 1.29 is 14.3 Å². The molecule has 0 fully saturated rings. The number of hydrogen-bond donors (Lipinski definition) is 0. The number of rotatable bonds is 3. The predicted octanol–water partition coefficient (Wildman–Crippen LogP) is 0.306. The molecule has 0 N–H and O–H groups in total. The first-order chi connectivity index (χ1) is 5.83. The molecule has 12 heavy (non-hydrogen) atoms. The van der Waals surface area contributed by atoms with Crippen LogP contribution < -0.4 is 9.47 Å². The van der Waals surface area contributed by atoms with Crippen LogP contribution in [-0.4, -0.2) is 30.7 Å². The minimum atomic E-state index is 0.171. The van der Waals surface area contributed by atoms with Crippen molar-refractivity contribution >= 4 is 6.29 Å². The number of nitrogens with zero attached hydrogens (tertiary/aromatic N) is 2. The molecule has 1 heterocycles. The lowest BCUT2D eigenvalue weighted by atomic mass is 10.3. The van der Waals surface area contributed by atoms with Crippen LogP contribution in [0.1, 0.15) is 10.4 Å². The molecule has 1 aromatic heterocycles. The van der Waals surface area contributed by atoms with E-state index in [0.717, 1.165) is 0 Å². The molecule has 0 radical (unpaired) electrons. The second-order valence-electron chi connectivity index (χ2n) is 1.95. The summed E-state index contributed by atoms with van der Waals surface area (Å²) < 4.78 is 9.66. The maximum Gasteiger partial charge on any atom is 0.247 e. The molecule has 0 aromatic carbocycles. The summed E-state index contributed by atoms with van der Waals surface area (Å²) in [7, 11) is 2.86. The highest BCUT2D eigenvalue weighted by Crippen LogP contribution is 2.21. The second-order valence-corrected chi connectivity index (χ2v) is 1.95. The van der Waals surface area contributed by atoms with Gasteiger partial charge in [0.25, 0.3) is 0 Å². The van der Waals surface area contributed by atoms with Crippen molar-refractivity contribution in [2.24, 2.45) is 0 Å². The molecule has 1 aromatic rings. The third-order valence-corrected chi connectivity index (χ3v) is 1.35. The van der Waals surface area contributed by atoms with Gasteiger partial charge in [-0.3, -0.25) is 4.79 Å². The number of aldehydes is 1. The Morgan fingerprint density at radius 3 is 2.67 bits per heavy atom. The van der Waals surface area contributed by atoms with Gasteiger partial charge in [-0.05, 0) is 0 Å². The normalized spacial score (nSPS) is 9.17. The summed E-state index contributed by atoms with van der Waals surface area (Å²) in [5.74, 6) is 0.529. The van der Waals surface area contributed by atoms with Gasteiger partial charge >= 0.3 is 0 Å². The minimum absolute atomic E-state index is 0.171. The van der Waals surface area contributed by atoms with Crippen molar-refractivity contribution in [3.8, 4) is 11.6 Å². The van der Waals surface area contributed by atoms with Gasteiger partial charge < -0.3 is 9.47 Å². The molecule has 1 rings (SSSR count). The monoisotopic (exact) mass is 168 g/mol. The Bertz CT molecular complexity index is 266. The molecule has 0 saturated heterocycles. The Morgan fingerprint density at radius 1 is 1.42 bits per heavy atom. The second kappa shape index (κ2) is 3.66. The smallest absolute Gasteiger partial charge is 0.247 e. The van der Waals surface area contributed by atoms with Crippen LogP contribution in [-0.2, 0) is 0 Å². The van der Waals surface area contributed by atoms with Gasteiger partial charge in [0.15, 0.2) is 12.0 Å². The van der Waals surface area contributed by atoms with E-state index in [0.29, 0.717) is 12.0 Å². The van der Waals surface area contributed by atoms with E-state index < -0.39 is 0 Å². The maximum atomic E-state index is 10.5. The Labute approximate surface area is 69.3 Å². The summed E-state index contributed by atoms with van der Waals surface area (Å²) >= 11 is 0. The lowest BCUT2D eigenvalue weighted by Crippen LogP contribution is -1.99. The molecule has 0 aliphatic rings. The third-order valence-electron chi connectivity index (χ3n) is 1.35. The number of methoxy groups -OCH3 is 2. The highest BCUT2D eigenvalue weighted by atomic mass is 16.5. The van der Waals surface area contributed by atoms with E-state index in [2.05, 4.69) is 10.2 Å². The van der Waals surface area contributed by atoms with Crippen LogP contribution >= 0.6 is 0 Å². The summed E-state index contributed by atoms with van der Waals surface area (Å²) in [4.78, 5) is 10.5. The Balaban J connectivity index is 3.21. The van der Waals surface area contributed by atoms with Crippen LogP contribution in [0.3, 0.4) is 0 Å². The molecule has 0 aliphatic heterocycles. The molecule has 0 spiro atoms. The first-order valence-corrected chi connectivity index (χ1v) is 3.22. The van der Waals surface area contributed by atoms with Gasteiger partial charge in [0.1, 0.15) is 5.56 Å². The molecule has 5 nitrogen and oxygen atoms in total.